The predicted molar refractivity (Wildman–Crippen MR) is 89.1 cm³/mol. The molecule has 1 aliphatic heterocycles. The van der Waals surface area contributed by atoms with Crippen molar-refractivity contribution >= 4 is 5.97 Å². The number of carboxylic acid groups (broad SMARTS) is 1. The average Bonchev–Trinajstić information content (AvgIpc) is 2.59. The van der Waals surface area contributed by atoms with Gasteiger partial charge in [-0.05, 0) is 24.6 Å². The number of fused-ring (bicyclic) bond motifs is 1. The van der Waals surface area contributed by atoms with Crippen LogP contribution in [0.3, 0.4) is 0 Å². The van der Waals surface area contributed by atoms with E-state index in [4.69, 9.17) is 15.6 Å². The summed E-state index contributed by atoms with van der Waals surface area (Å²) in [6.07, 6.45) is 0. The fraction of sp³-hybridized carbons (Fsp3) is 0.167. The fourth-order valence-corrected chi connectivity index (χ4v) is 2.89. The minimum absolute atomic E-state index is 0.0602. The van der Waals surface area contributed by atoms with Crippen LogP contribution in [-0.2, 0) is 7.05 Å². The van der Waals surface area contributed by atoms with Crippen molar-refractivity contribution < 1.29 is 14.6 Å². The Kier molecular flexibility index (Phi) is 3.81. The molecule has 2 heterocycles. The highest BCUT2D eigenvalue weighted by atomic mass is 16.5. The highest BCUT2D eigenvalue weighted by molar-refractivity contribution is 5.87. The summed E-state index contributed by atoms with van der Waals surface area (Å²) in [6, 6.07) is 9.71. The Labute approximate surface area is 143 Å². The molecule has 7 heteroatoms. The highest BCUT2D eigenvalue weighted by Crippen LogP contribution is 2.40. The zero-order valence-corrected chi connectivity index (χ0v) is 13.6. The van der Waals surface area contributed by atoms with Gasteiger partial charge in [-0.1, -0.05) is 12.1 Å². The van der Waals surface area contributed by atoms with Gasteiger partial charge >= 0.3 is 5.97 Å². The molecule has 0 amide bonds. The third kappa shape index (κ3) is 2.54. The molecule has 126 valence electrons. The lowest BCUT2D eigenvalue weighted by atomic mass is 9.83. The number of nitrogens with zero attached hydrogens (tertiary/aromatic N) is 2. The van der Waals surface area contributed by atoms with Crippen LogP contribution < -0.4 is 16.0 Å². The van der Waals surface area contributed by atoms with E-state index in [9.17, 15) is 14.9 Å². The molecule has 1 aromatic heterocycles. The lowest BCUT2D eigenvalue weighted by molar-refractivity contribution is 0.0697. The summed E-state index contributed by atoms with van der Waals surface area (Å²) < 4.78 is 6.96. The Morgan fingerprint density at radius 2 is 2.00 bits per heavy atom. The van der Waals surface area contributed by atoms with Crippen LogP contribution in [0.25, 0.3) is 0 Å². The van der Waals surface area contributed by atoms with Crippen molar-refractivity contribution in [3.8, 4) is 11.8 Å². The molecule has 25 heavy (non-hydrogen) atoms. The number of allylic oxidation sites excluding steroid dienone is 1. The monoisotopic (exact) mass is 337 g/mol. The summed E-state index contributed by atoms with van der Waals surface area (Å²) >= 11 is 0. The van der Waals surface area contributed by atoms with Gasteiger partial charge < -0.3 is 20.1 Å². The van der Waals surface area contributed by atoms with Gasteiger partial charge in [0.05, 0.1) is 17.0 Å². The molecule has 3 rings (SSSR count). The molecule has 1 aliphatic rings. The van der Waals surface area contributed by atoms with E-state index in [2.05, 4.69) is 0 Å². The zero-order chi connectivity index (χ0) is 18.3. The third-order valence-electron chi connectivity index (χ3n) is 4.34. The predicted octanol–water partition coefficient (Wildman–Crippen LogP) is 1.61. The van der Waals surface area contributed by atoms with Crippen molar-refractivity contribution in [2.45, 2.75) is 12.8 Å². The Morgan fingerprint density at radius 3 is 2.56 bits per heavy atom. The van der Waals surface area contributed by atoms with E-state index in [1.165, 1.54) is 16.7 Å². The normalized spacial score (nSPS) is 16.0. The molecule has 0 unspecified atom stereocenters. The Balaban J connectivity index is 2.27. The Bertz CT molecular complexity index is 1010. The van der Waals surface area contributed by atoms with Gasteiger partial charge in [-0.15, -0.1) is 0 Å². The third-order valence-corrected chi connectivity index (χ3v) is 4.34. The number of rotatable bonds is 2. The number of nitriles is 1. The van der Waals surface area contributed by atoms with Crippen molar-refractivity contribution in [1.29, 1.82) is 5.26 Å². The van der Waals surface area contributed by atoms with Gasteiger partial charge in [-0.3, -0.25) is 4.79 Å². The van der Waals surface area contributed by atoms with Crippen LogP contribution in [-0.4, -0.2) is 15.6 Å². The van der Waals surface area contributed by atoms with E-state index in [1.54, 1.807) is 32.2 Å². The second kappa shape index (κ2) is 5.83. The lowest BCUT2D eigenvalue weighted by Crippen LogP contribution is -2.31. The Morgan fingerprint density at radius 1 is 1.36 bits per heavy atom. The average molecular weight is 337 g/mol. The number of benzene rings is 1. The summed E-state index contributed by atoms with van der Waals surface area (Å²) in [5.74, 6) is -1.52. The molecule has 1 atom stereocenters. The van der Waals surface area contributed by atoms with Crippen LogP contribution in [0, 0.1) is 18.3 Å². The first kappa shape index (κ1) is 16.3. The first-order chi connectivity index (χ1) is 11.8. The number of carbonyl (C=O) groups is 1. The van der Waals surface area contributed by atoms with Crippen molar-refractivity contribution in [1.82, 2.24) is 4.57 Å². The van der Waals surface area contributed by atoms with Gasteiger partial charge in [0.15, 0.2) is 0 Å². The molecule has 0 saturated carbocycles. The highest BCUT2D eigenvalue weighted by Gasteiger charge is 2.34. The van der Waals surface area contributed by atoms with Gasteiger partial charge in [0.2, 0.25) is 5.88 Å². The van der Waals surface area contributed by atoms with Crippen molar-refractivity contribution in [3.63, 3.8) is 0 Å². The molecule has 0 spiro atoms. The lowest BCUT2D eigenvalue weighted by Gasteiger charge is -2.26. The summed E-state index contributed by atoms with van der Waals surface area (Å²) in [7, 11) is 1.64. The number of nitrogens with two attached hydrogens (primary N) is 1. The molecule has 7 nitrogen and oxygen atoms in total. The molecule has 0 saturated heterocycles. The maximum absolute atomic E-state index is 12.8. The minimum atomic E-state index is -1.05. The maximum Gasteiger partial charge on any atom is 0.335 e. The molecule has 0 fully saturated rings. The fourth-order valence-electron chi connectivity index (χ4n) is 2.89. The topological polar surface area (TPSA) is 118 Å². The van der Waals surface area contributed by atoms with E-state index < -0.39 is 11.9 Å². The van der Waals surface area contributed by atoms with E-state index in [0.717, 1.165) is 0 Å². The van der Waals surface area contributed by atoms with Gasteiger partial charge in [0.25, 0.3) is 5.56 Å². The molecule has 0 aliphatic carbocycles. The molecular formula is C18H15N3O4. The Hall–Kier alpha value is -3.53. The summed E-state index contributed by atoms with van der Waals surface area (Å²) in [5.41, 5.74) is 7.42. The number of aromatic nitrogens is 1. The SMILES string of the molecule is Cc1cc2c(c(=O)n1C)[C@H](c1ccc(C(=O)O)cc1)C(C#N)=C(N)O2. The van der Waals surface area contributed by atoms with E-state index >= 15 is 0 Å². The minimum Gasteiger partial charge on any atom is -0.478 e. The number of pyridine rings is 1. The van der Waals surface area contributed by atoms with Gasteiger partial charge in [0.1, 0.15) is 17.4 Å². The van der Waals surface area contributed by atoms with E-state index in [1.807, 2.05) is 6.07 Å². The number of carboxylic acids is 1. The summed E-state index contributed by atoms with van der Waals surface area (Å²) in [6.45, 7) is 1.77. The number of hydrogen-bond acceptors (Lipinski definition) is 5. The molecule has 2 aromatic rings. The zero-order valence-electron chi connectivity index (χ0n) is 13.6. The van der Waals surface area contributed by atoms with Crippen LogP contribution >= 0.6 is 0 Å². The van der Waals surface area contributed by atoms with Crippen LogP contribution in [0.4, 0.5) is 0 Å². The number of ether oxygens (including phenoxy) is 1. The molecule has 1 aromatic carbocycles. The molecule has 0 radical (unpaired) electrons. The van der Waals surface area contributed by atoms with Crippen LogP contribution in [0.5, 0.6) is 5.75 Å². The number of aromatic carboxylic acids is 1. The first-order valence-corrected chi connectivity index (χ1v) is 7.46. The molecule has 0 bridgehead atoms. The molecular weight excluding hydrogens is 322 g/mol. The first-order valence-electron chi connectivity index (χ1n) is 7.46. The quantitative estimate of drug-likeness (QED) is 0.859. The summed E-state index contributed by atoms with van der Waals surface area (Å²) in [4.78, 5) is 23.8. The number of hydrogen-bond donors (Lipinski definition) is 2. The maximum atomic E-state index is 12.8. The van der Waals surface area contributed by atoms with Gasteiger partial charge in [0, 0.05) is 18.8 Å². The number of aryl methyl sites for hydroxylation is 1. The van der Waals surface area contributed by atoms with Crippen molar-refractivity contribution in [3.05, 3.63) is 74.5 Å². The van der Waals surface area contributed by atoms with Crippen LogP contribution in [0.1, 0.15) is 33.1 Å². The standard InChI is InChI=1S/C18H15N3O4/c1-9-7-13-15(17(22)21(9)2)14(12(8-19)16(20)25-13)10-3-5-11(6-4-10)18(23)24/h3-7,14H,20H2,1-2H3,(H,23,24)/t14-/m1/s1. The van der Waals surface area contributed by atoms with Crippen molar-refractivity contribution in [2.75, 3.05) is 0 Å². The van der Waals surface area contributed by atoms with Gasteiger partial charge in [-0.2, -0.15) is 5.26 Å². The second-order valence-corrected chi connectivity index (χ2v) is 5.78. The van der Waals surface area contributed by atoms with E-state index in [-0.39, 0.29) is 22.6 Å². The molecule has 3 N–H and O–H groups in total. The smallest absolute Gasteiger partial charge is 0.335 e. The van der Waals surface area contributed by atoms with Crippen molar-refractivity contribution in [2.24, 2.45) is 12.8 Å². The van der Waals surface area contributed by atoms with Gasteiger partial charge in [-0.25, -0.2) is 4.79 Å². The summed E-state index contributed by atoms with van der Waals surface area (Å²) in [5, 5.41) is 18.5. The van der Waals surface area contributed by atoms with Crippen LogP contribution in [0.2, 0.25) is 0 Å². The second-order valence-electron chi connectivity index (χ2n) is 5.78. The largest absolute Gasteiger partial charge is 0.478 e. The van der Waals surface area contributed by atoms with E-state index in [0.29, 0.717) is 22.6 Å². The van der Waals surface area contributed by atoms with Crippen LogP contribution in [0.15, 0.2) is 46.6 Å².